The number of rotatable bonds is 4. The van der Waals surface area contributed by atoms with Crippen LogP contribution in [0.4, 0.5) is 5.82 Å². The third-order valence-electron chi connectivity index (χ3n) is 4.01. The summed E-state index contributed by atoms with van der Waals surface area (Å²) in [6.45, 7) is 5.42. The van der Waals surface area contributed by atoms with Crippen LogP contribution in [0.3, 0.4) is 0 Å². The lowest BCUT2D eigenvalue weighted by molar-refractivity contribution is 0.0952. The molecule has 1 saturated carbocycles. The third-order valence-corrected chi connectivity index (χ3v) is 4.01. The van der Waals surface area contributed by atoms with Crippen LogP contribution >= 0.6 is 0 Å². The summed E-state index contributed by atoms with van der Waals surface area (Å²) in [6.07, 6.45) is 5.46. The molecule has 2 aromatic heterocycles. The summed E-state index contributed by atoms with van der Waals surface area (Å²) in [4.78, 5) is 21.6. The van der Waals surface area contributed by atoms with Crippen LogP contribution in [-0.4, -0.2) is 33.4 Å². The van der Waals surface area contributed by atoms with Crippen LogP contribution in [0.1, 0.15) is 36.2 Å². The van der Waals surface area contributed by atoms with E-state index < -0.39 is 0 Å². The fraction of sp³-hybridized carbons (Fsp3) is 0.294. The van der Waals surface area contributed by atoms with Crippen LogP contribution in [0.25, 0.3) is 11.0 Å². The van der Waals surface area contributed by atoms with E-state index in [0.717, 1.165) is 18.5 Å². The summed E-state index contributed by atoms with van der Waals surface area (Å²) in [7, 11) is 1.64. The van der Waals surface area contributed by atoms with Gasteiger partial charge in [-0.3, -0.25) is 9.79 Å². The minimum atomic E-state index is -0.310. The predicted octanol–water partition coefficient (Wildman–Crippen LogP) is 2.73. The van der Waals surface area contributed by atoms with E-state index in [1.807, 2.05) is 12.1 Å². The zero-order valence-corrected chi connectivity index (χ0v) is 13.3. The molecule has 23 heavy (non-hydrogen) atoms. The van der Waals surface area contributed by atoms with Crippen molar-refractivity contribution < 1.29 is 4.79 Å². The molecule has 0 bridgehead atoms. The second kappa shape index (κ2) is 5.79. The fourth-order valence-corrected chi connectivity index (χ4v) is 2.48. The van der Waals surface area contributed by atoms with Gasteiger partial charge < -0.3 is 5.73 Å². The summed E-state index contributed by atoms with van der Waals surface area (Å²) in [5.74, 6) is 0.476. The highest BCUT2D eigenvalue weighted by molar-refractivity contribution is 6.22. The minimum absolute atomic E-state index is 0.298. The third kappa shape index (κ3) is 2.67. The number of nitrogens with two attached hydrogens (primary N) is 1. The minimum Gasteiger partial charge on any atom is -0.382 e. The van der Waals surface area contributed by atoms with Gasteiger partial charge in [0.25, 0.3) is 5.91 Å². The molecular formula is C17H19N5O. The predicted molar refractivity (Wildman–Crippen MR) is 91.9 cm³/mol. The maximum atomic E-state index is 12.9. The Hall–Kier alpha value is -2.76. The average molecular weight is 309 g/mol. The van der Waals surface area contributed by atoms with Gasteiger partial charge in [-0.2, -0.15) is 4.68 Å². The number of anilines is 1. The fourth-order valence-electron chi connectivity index (χ4n) is 2.48. The second-order valence-electron chi connectivity index (χ2n) is 5.61. The van der Waals surface area contributed by atoms with E-state index in [2.05, 4.69) is 21.7 Å². The number of nitrogens with zero attached hydrogens (tertiary/aromatic N) is 4. The maximum absolute atomic E-state index is 12.9. The van der Waals surface area contributed by atoms with Gasteiger partial charge in [-0.15, -0.1) is 5.10 Å². The van der Waals surface area contributed by atoms with E-state index in [1.165, 1.54) is 4.68 Å². The quantitative estimate of drug-likeness (QED) is 0.534. The van der Waals surface area contributed by atoms with Gasteiger partial charge >= 0.3 is 0 Å². The zero-order chi connectivity index (χ0) is 16.6. The number of aliphatic imine (C=N–C) groups is 1. The van der Waals surface area contributed by atoms with Crippen LogP contribution in [0.2, 0.25) is 0 Å². The first kappa shape index (κ1) is 15.1. The molecule has 3 rings (SSSR count). The lowest BCUT2D eigenvalue weighted by Crippen LogP contribution is -2.20. The largest absolute Gasteiger partial charge is 0.382 e. The van der Waals surface area contributed by atoms with Crippen LogP contribution in [0.15, 0.2) is 41.4 Å². The van der Waals surface area contributed by atoms with Crippen LogP contribution in [0.5, 0.6) is 0 Å². The Morgan fingerprint density at radius 1 is 1.48 bits per heavy atom. The summed E-state index contributed by atoms with van der Waals surface area (Å²) in [6, 6.07) is 3.85. The van der Waals surface area contributed by atoms with E-state index in [4.69, 9.17) is 5.73 Å². The Balaban J connectivity index is 2.14. The Morgan fingerprint density at radius 2 is 2.22 bits per heavy atom. The molecule has 118 valence electrons. The molecule has 1 aliphatic rings. The molecule has 0 radical (unpaired) electrons. The number of nitrogen functional groups attached to an aromatic ring is 1. The molecule has 1 fully saturated rings. The smallest absolute Gasteiger partial charge is 0.282 e. The summed E-state index contributed by atoms with van der Waals surface area (Å²) in [5, 5.41) is 4.87. The number of pyridine rings is 1. The lowest BCUT2D eigenvalue weighted by Gasteiger charge is -2.06. The standard InChI is InChI=1S/C17H19N5O/c1-4-5-12(10(2)19-3)17(23)22-16-13(15(18)21-22)8-9-14(20-16)11-6-7-11/h4-5,8-9,11H,1,6-7H2,2-3H3,(H2,18,21)/b12-5+,19-10?. The molecule has 0 spiro atoms. The Bertz CT molecular complexity index is 855. The molecule has 2 heterocycles. The Morgan fingerprint density at radius 3 is 2.83 bits per heavy atom. The molecule has 0 unspecified atom stereocenters. The zero-order valence-electron chi connectivity index (χ0n) is 13.3. The van der Waals surface area contributed by atoms with Crippen molar-refractivity contribution in [3.05, 3.63) is 42.1 Å². The van der Waals surface area contributed by atoms with Gasteiger partial charge in [0.2, 0.25) is 0 Å². The van der Waals surface area contributed by atoms with E-state index in [9.17, 15) is 4.79 Å². The first-order valence-corrected chi connectivity index (χ1v) is 7.53. The molecule has 2 aromatic rings. The van der Waals surface area contributed by atoms with Gasteiger partial charge in [0, 0.05) is 24.4 Å². The molecular weight excluding hydrogens is 290 g/mol. The van der Waals surface area contributed by atoms with Crippen molar-refractivity contribution >= 4 is 28.5 Å². The van der Waals surface area contributed by atoms with E-state index in [1.54, 1.807) is 26.1 Å². The number of carbonyl (C=O) groups excluding carboxylic acids is 1. The molecule has 6 nitrogen and oxygen atoms in total. The van der Waals surface area contributed by atoms with Crippen molar-refractivity contribution in [2.75, 3.05) is 12.8 Å². The first-order valence-electron chi connectivity index (χ1n) is 7.53. The van der Waals surface area contributed by atoms with Gasteiger partial charge in [-0.05, 0) is 38.0 Å². The van der Waals surface area contributed by atoms with Crippen molar-refractivity contribution in [1.29, 1.82) is 0 Å². The van der Waals surface area contributed by atoms with Crippen molar-refractivity contribution in [3.8, 4) is 0 Å². The van der Waals surface area contributed by atoms with Crippen molar-refractivity contribution in [2.24, 2.45) is 4.99 Å². The molecule has 6 heteroatoms. The van der Waals surface area contributed by atoms with Crippen LogP contribution < -0.4 is 5.73 Å². The van der Waals surface area contributed by atoms with Crippen molar-refractivity contribution in [2.45, 2.75) is 25.7 Å². The number of fused-ring (bicyclic) bond motifs is 1. The summed E-state index contributed by atoms with van der Waals surface area (Å²) >= 11 is 0. The average Bonchev–Trinajstić information content (AvgIpc) is 3.36. The molecule has 0 aliphatic heterocycles. The molecule has 1 aliphatic carbocycles. The molecule has 2 N–H and O–H groups in total. The number of allylic oxidation sites excluding steroid dienone is 3. The molecule has 0 saturated heterocycles. The van der Waals surface area contributed by atoms with Gasteiger partial charge in [-0.25, -0.2) is 4.98 Å². The Kier molecular flexibility index (Phi) is 3.82. The first-order chi connectivity index (χ1) is 11.1. The van der Waals surface area contributed by atoms with Crippen molar-refractivity contribution in [3.63, 3.8) is 0 Å². The second-order valence-corrected chi connectivity index (χ2v) is 5.61. The SMILES string of the molecule is C=C/C=C(/C(=O)n1nc(N)c2ccc(C3CC3)nc21)C(C)=NC. The van der Waals surface area contributed by atoms with E-state index in [0.29, 0.717) is 34.1 Å². The van der Waals surface area contributed by atoms with Gasteiger partial charge in [-0.1, -0.05) is 12.7 Å². The molecule has 0 atom stereocenters. The van der Waals surface area contributed by atoms with Gasteiger partial charge in [0.15, 0.2) is 11.5 Å². The number of hydrogen-bond donors (Lipinski definition) is 1. The maximum Gasteiger partial charge on any atom is 0.282 e. The summed E-state index contributed by atoms with van der Waals surface area (Å²) < 4.78 is 1.26. The number of aromatic nitrogens is 3. The molecule has 0 aromatic carbocycles. The highest BCUT2D eigenvalue weighted by Gasteiger charge is 2.27. The van der Waals surface area contributed by atoms with E-state index in [-0.39, 0.29) is 5.91 Å². The molecule has 0 amide bonds. The Labute approximate surface area is 134 Å². The highest BCUT2D eigenvalue weighted by atomic mass is 16.2. The number of hydrogen-bond acceptors (Lipinski definition) is 5. The van der Waals surface area contributed by atoms with E-state index >= 15 is 0 Å². The normalized spacial score (nSPS) is 15.9. The lowest BCUT2D eigenvalue weighted by atomic mass is 10.1. The highest BCUT2D eigenvalue weighted by Crippen LogP contribution is 2.39. The van der Waals surface area contributed by atoms with Gasteiger partial charge in [0.05, 0.1) is 11.0 Å². The van der Waals surface area contributed by atoms with Crippen molar-refractivity contribution in [1.82, 2.24) is 14.8 Å². The van der Waals surface area contributed by atoms with Gasteiger partial charge in [0.1, 0.15) is 0 Å². The number of carbonyl (C=O) groups is 1. The summed E-state index contributed by atoms with van der Waals surface area (Å²) in [5.41, 5.74) is 8.46. The monoisotopic (exact) mass is 309 g/mol. The van der Waals surface area contributed by atoms with Crippen LogP contribution in [-0.2, 0) is 0 Å². The topological polar surface area (TPSA) is 86.2 Å². The van der Waals surface area contributed by atoms with Crippen LogP contribution in [0, 0.1) is 0 Å².